The van der Waals surface area contributed by atoms with Crippen LogP contribution in [0.3, 0.4) is 0 Å². The minimum Gasteiger partial charge on any atom is -0.493 e. The molecule has 3 aromatic rings. The van der Waals surface area contributed by atoms with Crippen molar-refractivity contribution in [1.82, 2.24) is 10.2 Å². The number of hydrogen-bond acceptors (Lipinski definition) is 6. The summed E-state index contributed by atoms with van der Waals surface area (Å²) in [5, 5.41) is 2.90. The molecule has 0 saturated carbocycles. The Balaban J connectivity index is 2.05. The highest BCUT2D eigenvalue weighted by Crippen LogP contribution is 2.34. The number of benzene rings is 3. The van der Waals surface area contributed by atoms with Gasteiger partial charge in [-0.3, -0.25) is 13.9 Å². The van der Waals surface area contributed by atoms with Crippen LogP contribution in [0.1, 0.15) is 32.8 Å². The first-order valence-electron chi connectivity index (χ1n) is 13.6. The van der Waals surface area contributed by atoms with Gasteiger partial charge in [-0.1, -0.05) is 55.5 Å². The normalized spacial score (nSPS) is 12.0. The van der Waals surface area contributed by atoms with Crippen LogP contribution in [0.4, 0.5) is 5.69 Å². The van der Waals surface area contributed by atoms with E-state index in [0.717, 1.165) is 9.87 Å². The van der Waals surface area contributed by atoms with Crippen molar-refractivity contribution < 1.29 is 27.5 Å². The molecule has 3 rings (SSSR count). The average Bonchev–Trinajstić information content (AvgIpc) is 2.97. The molecular formula is C31H39N3O6S. The van der Waals surface area contributed by atoms with E-state index in [2.05, 4.69) is 5.32 Å². The predicted molar refractivity (Wildman–Crippen MR) is 160 cm³/mol. The zero-order valence-corrected chi connectivity index (χ0v) is 25.1. The van der Waals surface area contributed by atoms with Gasteiger partial charge in [0.2, 0.25) is 11.8 Å². The Labute approximate surface area is 243 Å². The molecular weight excluding hydrogens is 542 g/mol. The van der Waals surface area contributed by atoms with Gasteiger partial charge in [0, 0.05) is 18.7 Å². The minimum atomic E-state index is -4.18. The molecule has 0 aliphatic rings. The lowest BCUT2D eigenvalue weighted by Gasteiger charge is -2.33. The van der Waals surface area contributed by atoms with Gasteiger partial charge < -0.3 is 19.7 Å². The molecule has 0 fully saturated rings. The molecule has 0 unspecified atom stereocenters. The monoisotopic (exact) mass is 581 g/mol. The molecule has 1 N–H and O–H groups in total. The number of sulfonamides is 1. The van der Waals surface area contributed by atoms with Crippen molar-refractivity contribution in [2.45, 2.75) is 50.6 Å². The SMILES string of the molecule is CC[C@H](C(=O)NC(C)C)N(CCc1ccccc1)C(=O)CN(c1ccc(OC)c(OC)c1)S(=O)(=O)c1ccccc1. The van der Waals surface area contributed by atoms with Crippen molar-refractivity contribution >= 4 is 27.5 Å². The summed E-state index contributed by atoms with van der Waals surface area (Å²) in [6.45, 7) is 5.25. The Morgan fingerprint density at radius 3 is 2.05 bits per heavy atom. The maximum atomic E-state index is 14.1. The average molecular weight is 582 g/mol. The topological polar surface area (TPSA) is 105 Å². The molecule has 0 bridgehead atoms. The van der Waals surface area contributed by atoms with Crippen LogP contribution in [0.5, 0.6) is 11.5 Å². The fourth-order valence-corrected chi connectivity index (χ4v) is 5.93. The molecule has 0 aliphatic carbocycles. The summed E-state index contributed by atoms with van der Waals surface area (Å²) in [4.78, 5) is 28.8. The number of nitrogens with zero attached hydrogens (tertiary/aromatic N) is 2. The summed E-state index contributed by atoms with van der Waals surface area (Å²) >= 11 is 0. The lowest BCUT2D eigenvalue weighted by molar-refractivity contribution is -0.139. The van der Waals surface area contributed by atoms with Gasteiger partial charge in [0.15, 0.2) is 11.5 Å². The number of carbonyl (C=O) groups is 2. The Hall–Kier alpha value is -4.05. The van der Waals surface area contributed by atoms with Gasteiger partial charge in [-0.2, -0.15) is 0 Å². The minimum absolute atomic E-state index is 0.0306. The van der Waals surface area contributed by atoms with E-state index in [1.165, 1.54) is 37.3 Å². The van der Waals surface area contributed by atoms with Crippen molar-refractivity contribution in [3.8, 4) is 11.5 Å². The third kappa shape index (κ3) is 8.00. The van der Waals surface area contributed by atoms with Crippen LogP contribution in [-0.4, -0.2) is 64.5 Å². The smallest absolute Gasteiger partial charge is 0.264 e. The Morgan fingerprint density at radius 2 is 1.49 bits per heavy atom. The number of anilines is 1. The third-order valence-corrected chi connectivity index (χ3v) is 8.35. The van der Waals surface area contributed by atoms with Gasteiger partial charge in [-0.15, -0.1) is 0 Å². The van der Waals surface area contributed by atoms with Crippen molar-refractivity contribution in [2.24, 2.45) is 0 Å². The van der Waals surface area contributed by atoms with Crippen molar-refractivity contribution in [3.63, 3.8) is 0 Å². The number of carbonyl (C=O) groups excluding carboxylic acids is 2. The highest BCUT2D eigenvalue weighted by Gasteiger charge is 2.34. The van der Waals surface area contributed by atoms with E-state index in [-0.39, 0.29) is 29.1 Å². The molecule has 9 nitrogen and oxygen atoms in total. The summed E-state index contributed by atoms with van der Waals surface area (Å²) < 4.78 is 39.7. The van der Waals surface area contributed by atoms with Crippen molar-refractivity contribution in [1.29, 1.82) is 0 Å². The van der Waals surface area contributed by atoms with Crippen LogP contribution < -0.4 is 19.1 Å². The van der Waals surface area contributed by atoms with Gasteiger partial charge in [-0.05, 0) is 56.5 Å². The number of nitrogens with one attached hydrogen (secondary N) is 1. The number of methoxy groups -OCH3 is 2. The van der Waals surface area contributed by atoms with Crippen LogP contribution in [0.2, 0.25) is 0 Å². The maximum Gasteiger partial charge on any atom is 0.264 e. The van der Waals surface area contributed by atoms with Crippen LogP contribution >= 0.6 is 0 Å². The molecule has 41 heavy (non-hydrogen) atoms. The fourth-order valence-electron chi connectivity index (χ4n) is 4.51. The van der Waals surface area contributed by atoms with Crippen molar-refractivity contribution in [2.75, 3.05) is 31.6 Å². The number of amides is 2. The van der Waals surface area contributed by atoms with E-state index in [0.29, 0.717) is 24.3 Å². The molecule has 0 aliphatic heterocycles. The number of rotatable bonds is 14. The molecule has 0 heterocycles. The second kappa shape index (κ2) is 14.5. The molecule has 220 valence electrons. The van der Waals surface area contributed by atoms with Gasteiger partial charge in [0.1, 0.15) is 12.6 Å². The van der Waals surface area contributed by atoms with Gasteiger partial charge in [0.25, 0.3) is 10.0 Å². The molecule has 0 saturated heterocycles. The zero-order valence-electron chi connectivity index (χ0n) is 24.2. The first-order valence-corrected chi connectivity index (χ1v) is 15.0. The quantitative estimate of drug-likeness (QED) is 0.305. The first-order chi connectivity index (χ1) is 19.6. The van der Waals surface area contributed by atoms with E-state index < -0.39 is 28.5 Å². The predicted octanol–water partition coefficient (Wildman–Crippen LogP) is 4.27. The highest BCUT2D eigenvalue weighted by atomic mass is 32.2. The summed E-state index contributed by atoms with van der Waals surface area (Å²) in [5.41, 5.74) is 1.22. The largest absolute Gasteiger partial charge is 0.493 e. The van der Waals surface area contributed by atoms with Gasteiger partial charge in [-0.25, -0.2) is 8.42 Å². The standard InChI is InChI=1S/C31H39N3O6S/c1-6-27(31(36)32-23(2)3)33(20-19-24-13-9-7-10-14-24)30(35)22-34(41(37,38)26-15-11-8-12-16-26)25-17-18-28(39-4)29(21-25)40-5/h7-18,21,23,27H,6,19-20,22H2,1-5H3,(H,32,36)/t27-/m1/s1. The Bertz CT molecular complexity index is 1400. The van der Waals surface area contributed by atoms with Crippen LogP contribution in [0.15, 0.2) is 83.8 Å². The van der Waals surface area contributed by atoms with Gasteiger partial charge in [0.05, 0.1) is 24.8 Å². The lowest BCUT2D eigenvalue weighted by Crippen LogP contribution is -2.54. The molecule has 0 spiro atoms. The van der Waals surface area contributed by atoms with Crippen LogP contribution in [0.25, 0.3) is 0 Å². The molecule has 0 radical (unpaired) electrons. The molecule has 3 aromatic carbocycles. The van der Waals surface area contributed by atoms with E-state index in [4.69, 9.17) is 9.47 Å². The van der Waals surface area contributed by atoms with Crippen molar-refractivity contribution in [3.05, 3.63) is 84.4 Å². The summed E-state index contributed by atoms with van der Waals surface area (Å²) in [6, 6.07) is 21.3. The second-order valence-electron chi connectivity index (χ2n) is 9.77. The Kier molecular flexibility index (Phi) is 11.2. The number of ether oxygens (including phenoxy) is 2. The van der Waals surface area contributed by atoms with Crippen LogP contribution in [-0.2, 0) is 26.0 Å². The van der Waals surface area contributed by atoms with E-state index >= 15 is 0 Å². The molecule has 10 heteroatoms. The van der Waals surface area contributed by atoms with E-state index in [1.807, 2.05) is 51.1 Å². The first kappa shape index (κ1) is 31.5. The zero-order chi connectivity index (χ0) is 30.0. The summed E-state index contributed by atoms with van der Waals surface area (Å²) in [5.74, 6) is -0.0524. The highest BCUT2D eigenvalue weighted by molar-refractivity contribution is 7.92. The summed E-state index contributed by atoms with van der Waals surface area (Å²) in [6.07, 6.45) is 0.862. The Morgan fingerprint density at radius 1 is 0.878 bits per heavy atom. The number of hydrogen-bond donors (Lipinski definition) is 1. The summed E-state index contributed by atoms with van der Waals surface area (Å²) in [7, 11) is -1.24. The molecule has 2 amide bonds. The van der Waals surface area contributed by atoms with E-state index in [9.17, 15) is 18.0 Å². The maximum absolute atomic E-state index is 14.1. The van der Waals surface area contributed by atoms with Crippen LogP contribution in [0, 0.1) is 0 Å². The van der Waals surface area contributed by atoms with Gasteiger partial charge >= 0.3 is 0 Å². The van der Waals surface area contributed by atoms with E-state index in [1.54, 1.807) is 30.3 Å². The molecule has 1 atom stereocenters. The lowest BCUT2D eigenvalue weighted by atomic mass is 10.1. The fraction of sp³-hybridized carbons (Fsp3) is 0.355. The second-order valence-corrected chi connectivity index (χ2v) is 11.6. The third-order valence-electron chi connectivity index (χ3n) is 6.57. The molecule has 0 aromatic heterocycles.